The summed E-state index contributed by atoms with van der Waals surface area (Å²) in [4.78, 5) is 24.1. The quantitative estimate of drug-likeness (QED) is 0.621. The summed E-state index contributed by atoms with van der Waals surface area (Å²) >= 11 is 6.09. The molecule has 2 aromatic carbocycles. The van der Waals surface area contributed by atoms with E-state index in [9.17, 15) is 9.59 Å². The van der Waals surface area contributed by atoms with E-state index in [-0.39, 0.29) is 6.79 Å². The zero-order valence-electron chi connectivity index (χ0n) is 14.8. The molecule has 1 N–H and O–H groups in total. The third-order valence-corrected chi connectivity index (χ3v) is 4.12. The van der Waals surface area contributed by atoms with Crippen LogP contribution < -0.4 is 14.8 Å². The molecule has 6 nitrogen and oxygen atoms in total. The normalized spacial score (nSPS) is 13.4. The third kappa shape index (κ3) is 4.80. The van der Waals surface area contributed by atoms with Gasteiger partial charge >= 0.3 is 5.97 Å². The van der Waals surface area contributed by atoms with E-state index in [1.807, 2.05) is 19.1 Å². The molecule has 7 heteroatoms. The Labute approximate surface area is 161 Å². The number of amides is 1. The lowest BCUT2D eigenvalue weighted by Gasteiger charge is -2.12. The van der Waals surface area contributed by atoms with Gasteiger partial charge in [0.25, 0.3) is 5.91 Å². The molecule has 1 atom stereocenters. The van der Waals surface area contributed by atoms with Crippen LogP contribution in [-0.2, 0) is 14.3 Å². The number of halogens is 1. The number of rotatable bonds is 5. The standard InChI is InChI=1S/C20H18ClNO5/c1-12-3-6-15(7-4-12)22-20(24)13(2)27-18(23)8-5-14-9-16(21)19-17(10-14)25-11-26-19/h3-10,13H,11H2,1-2H3,(H,22,24)/b8-5+/t13-/m1/s1. The number of hydrogen-bond donors (Lipinski definition) is 1. The lowest BCUT2D eigenvalue weighted by Crippen LogP contribution is -2.29. The summed E-state index contributed by atoms with van der Waals surface area (Å²) in [6.07, 6.45) is 1.81. The first kappa shape index (κ1) is 18.8. The molecule has 0 saturated heterocycles. The van der Waals surface area contributed by atoms with Gasteiger partial charge < -0.3 is 19.5 Å². The molecule has 3 rings (SSSR count). The predicted molar refractivity (Wildman–Crippen MR) is 102 cm³/mol. The summed E-state index contributed by atoms with van der Waals surface area (Å²) in [7, 11) is 0. The van der Waals surface area contributed by atoms with E-state index in [1.165, 1.54) is 19.1 Å². The number of carbonyl (C=O) groups excluding carboxylic acids is 2. The third-order valence-electron chi connectivity index (χ3n) is 3.84. The molecule has 2 aromatic rings. The highest BCUT2D eigenvalue weighted by atomic mass is 35.5. The van der Waals surface area contributed by atoms with Crippen LogP contribution in [-0.4, -0.2) is 24.8 Å². The van der Waals surface area contributed by atoms with Crippen molar-refractivity contribution in [2.75, 3.05) is 12.1 Å². The largest absolute Gasteiger partial charge is 0.454 e. The van der Waals surface area contributed by atoms with E-state index in [1.54, 1.807) is 24.3 Å². The number of hydrogen-bond acceptors (Lipinski definition) is 5. The van der Waals surface area contributed by atoms with Gasteiger partial charge in [0.1, 0.15) is 0 Å². The minimum absolute atomic E-state index is 0.109. The monoisotopic (exact) mass is 387 g/mol. The van der Waals surface area contributed by atoms with Gasteiger partial charge in [0.2, 0.25) is 6.79 Å². The van der Waals surface area contributed by atoms with Crippen LogP contribution in [0.3, 0.4) is 0 Å². The molecule has 0 radical (unpaired) electrons. The molecule has 0 fully saturated rings. The van der Waals surface area contributed by atoms with Gasteiger partial charge in [-0.25, -0.2) is 4.79 Å². The summed E-state index contributed by atoms with van der Waals surface area (Å²) in [6, 6.07) is 10.7. The van der Waals surface area contributed by atoms with Crippen molar-refractivity contribution in [2.45, 2.75) is 20.0 Å². The number of anilines is 1. The molecule has 140 valence electrons. The van der Waals surface area contributed by atoms with Crippen LogP contribution in [0.5, 0.6) is 11.5 Å². The summed E-state index contributed by atoms with van der Waals surface area (Å²) in [5.74, 6) is -0.0544. The molecule has 1 amide bonds. The van der Waals surface area contributed by atoms with Crippen molar-refractivity contribution >= 4 is 35.2 Å². The van der Waals surface area contributed by atoms with E-state index in [2.05, 4.69) is 5.32 Å². The lowest BCUT2D eigenvalue weighted by atomic mass is 10.2. The zero-order valence-corrected chi connectivity index (χ0v) is 15.6. The number of carbonyl (C=O) groups is 2. The zero-order chi connectivity index (χ0) is 19.4. The minimum atomic E-state index is -0.941. The number of benzene rings is 2. The Kier molecular flexibility index (Phi) is 5.66. The average Bonchev–Trinajstić information content (AvgIpc) is 3.11. The molecule has 27 heavy (non-hydrogen) atoms. The Morgan fingerprint density at radius 3 is 2.70 bits per heavy atom. The van der Waals surface area contributed by atoms with Crippen LogP contribution >= 0.6 is 11.6 Å². The Hall–Kier alpha value is -2.99. The summed E-state index contributed by atoms with van der Waals surface area (Å²) in [5, 5.41) is 3.09. The highest BCUT2D eigenvalue weighted by Crippen LogP contribution is 2.40. The number of esters is 1. The summed E-state index contributed by atoms with van der Waals surface area (Å²) in [5.41, 5.74) is 2.37. The fourth-order valence-electron chi connectivity index (χ4n) is 2.40. The van der Waals surface area contributed by atoms with E-state index in [4.69, 9.17) is 25.8 Å². The van der Waals surface area contributed by atoms with Gasteiger partial charge in [0.05, 0.1) is 5.02 Å². The molecule has 1 aliphatic rings. The van der Waals surface area contributed by atoms with Crippen LogP contribution in [0.25, 0.3) is 6.08 Å². The maximum atomic E-state index is 12.1. The second-order valence-corrected chi connectivity index (χ2v) is 6.41. The fraction of sp³-hybridized carbons (Fsp3) is 0.200. The maximum Gasteiger partial charge on any atom is 0.331 e. The molecule has 0 aromatic heterocycles. The molecule has 1 aliphatic heterocycles. The second kappa shape index (κ2) is 8.14. The van der Waals surface area contributed by atoms with Crippen LogP contribution in [0.4, 0.5) is 5.69 Å². The fourth-order valence-corrected chi connectivity index (χ4v) is 2.67. The van der Waals surface area contributed by atoms with Gasteiger partial charge in [0, 0.05) is 11.8 Å². The molecule has 0 saturated carbocycles. The van der Waals surface area contributed by atoms with Crippen molar-refractivity contribution in [2.24, 2.45) is 0 Å². The van der Waals surface area contributed by atoms with Crippen LogP contribution in [0.1, 0.15) is 18.1 Å². The SMILES string of the molecule is Cc1ccc(NC(=O)[C@@H](C)OC(=O)/C=C/c2cc(Cl)c3c(c2)OCO3)cc1. The van der Waals surface area contributed by atoms with Crippen molar-refractivity contribution in [1.29, 1.82) is 0 Å². The van der Waals surface area contributed by atoms with Gasteiger partial charge in [-0.15, -0.1) is 0 Å². The number of ether oxygens (including phenoxy) is 3. The summed E-state index contributed by atoms with van der Waals surface area (Å²) < 4.78 is 15.6. The first-order valence-electron chi connectivity index (χ1n) is 8.28. The molecule has 0 bridgehead atoms. The Bertz CT molecular complexity index is 892. The van der Waals surface area contributed by atoms with Crippen molar-refractivity contribution in [1.82, 2.24) is 0 Å². The molecule has 1 heterocycles. The van der Waals surface area contributed by atoms with Crippen molar-refractivity contribution in [3.8, 4) is 11.5 Å². The second-order valence-electron chi connectivity index (χ2n) is 6.00. The van der Waals surface area contributed by atoms with Crippen molar-refractivity contribution in [3.05, 3.63) is 58.6 Å². The number of aryl methyl sites for hydroxylation is 1. The number of nitrogens with one attached hydrogen (secondary N) is 1. The molecular formula is C20H18ClNO5. The Morgan fingerprint density at radius 2 is 1.96 bits per heavy atom. The maximum absolute atomic E-state index is 12.1. The highest BCUT2D eigenvalue weighted by molar-refractivity contribution is 6.32. The van der Waals surface area contributed by atoms with Crippen LogP contribution in [0.15, 0.2) is 42.5 Å². The van der Waals surface area contributed by atoms with Gasteiger partial charge in [-0.2, -0.15) is 0 Å². The minimum Gasteiger partial charge on any atom is -0.454 e. The van der Waals surface area contributed by atoms with Crippen LogP contribution in [0.2, 0.25) is 5.02 Å². The number of fused-ring (bicyclic) bond motifs is 1. The van der Waals surface area contributed by atoms with E-state index in [0.717, 1.165) is 5.56 Å². The average molecular weight is 388 g/mol. The predicted octanol–water partition coefficient (Wildman–Crippen LogP) is 3.96. The van der Waals surface area contributed by atoms with Gasteiger partial charge in [-0.1, -0.05) is 29.3 Å². The van der Waals surface area contributed by atoms with Gasteiger partial charge in [-0.05, 0) is 49.8 Å². The Morgan fingerprint density at radius 1 is 1.22 bits per heavy atom. The Balaban J connectivity index is 1.56. The topological polar surface area (TPSA) is 73.9 Å². The first-order valence-corrected chi connectivity index (χ1v) is 8.65. The van der Waals surface area contributed by atoms with Crippen molar-refractivity contribution in [3.63, 3.8) is 0 Å². The van der Waals surface area contributed by atoms with E-state index >= 15 is 0 Å². The van der Waals surface area contributed by atoms with Gasteiger partial charge in [-0.3, -0.25) is 4.79 Å². The highest BCUT2D eigenvalue weighted by Gasteiger charge is 2.19. The van der Waals surface area contributed by atoms with Gasteiger partial charge in [0.15, 0.2) is 17.6 Å². The molecule has 0 spiro atoms. The van der Waals surface area contributed by atoms with Crippen molar-refractivity contribution < 1.29 is 23.8 Å². The molecular weight excluding hydrogens is 370 g/mol. The van der Waals surface area contributed by atoms with E-state index in [0.29, 0.717) is 27.8 Å². The van der Waals surface area contributed by atoms with Crippen LogP contribution in [0, 0.1) is 6.92 Å². The smallest absolute Gasteiger partial charge is 0.331 e. The first-order chi connectivity index (χ1) is 12.9. The summed E-state index contributed by atoms with van der Waals surface area (Å²) in [6.45, 7) is 3.57. The molecule has 0 aliphatic carbocycles. The van der Waals surface area contributed by atoms with E-state index < -0.39 is 18.0 Å². The molecule has 0 unspecified atom stereocenters. The lowest BCUT2D eigenvalue weighted by molar-refractivity contribution is -0.148.